The SMILES string of the molecule is CCCCCCC(NC)c1cc(F)c(Cl)cc1F. The van der Waals surface area contributed by atoms with Crippen LogP contribution in [0.4, 0.5) is 8.78 Å². The molecule has 1 unspecified atom stereocenters. The van der Waals surface area contributed by atoms with Crippen molar-refractivity contribution in [1.29, 1.82) is 0 Å². The van der Waals surface area contributed by atoms with Crippen molar-refractivity contribution in [2.45, 2.75) is 45.1 Å². The van der Waals surface area contributed by atoms with Gasteiger partial charge in [-0.15, -0.1) is 0 Å². The Balaban J connectivity index is 2.72. The third-order valence-electron chi connectivity index (χ3n) is 3.11. The Bertz CT molecular complexity index is 382. The first kappa shape index (κ1) is 15.4. The fourth-order valence-corrected chi connectivity index (χ4v) is 2.19. The quantitative estimate of drug-likeness (QED) is 0.554. The molecule has 0 heterocycles. The van der Waals surface area contributed by atoms with E-state index in [9.17, 15) is 8.78 Å². The highest BCUT2D eigenvalue weighted by Gasteiger charge is 2.16. The molecule has 4 heteroatoms. The summed E-state index contributed by atoms with van der Waals surface area (Å²) in [6.45, 7) is 2.14. The molecule has 1 aromatic carbocycles. The minimum absolute atomic E-state index is 0.159. The van der Waals surface area contributed by atoms with Gasteiger partial charge in [-0.1, -0.05) is 44.2 Å². The molecule has 1 N–H and O–H groups in total. The molecule has 0 bridgehead atoms. The van der Waals surface area contributed by atoms with E-state index in [1.165, 1.54) is 12.5 Å². The number of halogens is 3. The summed E-state index contributed by atoms with van der Waals surface area (Å²) >= 11 is 5.54. The summed E-state index contributed by atoms with van der Waals surface area (Å²) in [5.41, 5.74) is 0.357. The Hall–Kier alpha value is -0.670. The van der Waals surface area contributed by atoms with Gasteiger partial charge in [0, 0.05) is 11.6 Å². The smallest absolute Gasteiger partial charge is 0.142 e. The molecule has 1 rings (SSSR count). The van der Waals surface area contributed by atoms with Crippen molar-refractivity contribution < 1.29 is 8.78 Å². The molecule has 0 amide bonds. The van der Waals surface area contributed by atoms with E-state index in [1.54, 1.807) is 7.05 Å². The molecule has 1 aromatic rings. The van der Waals surface area contributed by atoms with Crippen LogP contribution in [0.1, 0.15) is 50.6 Å². The molecular formula is C14H20ClF2N. The molecule has 0 saturated heterocycles. The minimum Gasteiger partial charge on any atom is -0.313 e. The summed E-state index contributed by atoms with van der Waals surface area (Å²) in [4.78, 5) is 0. The molecular weight excluding hydrogens is 256 g/mol. The molecule has 0 aliphatic heterocycles. The lowest BCUT2D eigenvalue weighted by molar-refractivity contribution is 0.475. The van der Waals surface area contributed by atoms with Gasteiger partial charge in [0.1, 0.15) is 11.6 Å². The lowest BCUT2D eigenvalue weighted by Gasteiger charge is -2.17. The first-order valence-electron chi connectivity index (χ1n) is 6.41. The average Bonchev–Trinajstić information content (AvgIpc) is 2.35. The van der Waals surface area contributed by atoms with E-state index in [0.717, 1.165) is 31.7 Å². The zero-order chi connectivity index (χ0) is 13.5. The fourth-order valence-electron chi connectivity index (χ4n) is 2.04. The number of rotatable bonds is 7. The monoisotopic (exact) mass is 275 g/mol. The van der Waals surface area contributed by atoms with Crippen molar-refractivity contribution in [3.8, 4) is 0 Å². The highest BCUT2D eigenvalue weighted by Crippen LogP contribution is 2.27. The topological polar surface area (TPSA) is 12.0 Å². The normalized spacial score (nSPS) is 12.7. The number of unbranched alkanes of at least 4 members (excludes halogenated alkanes) is 3. The number of nitrogens with one attached hydrogen (secondary N) is 1. The Morgan fingerprint density at radius 3 is 2.50 bits per heavy atom. The van der Waals surface area contributed by atoms with E-state index in [-0.39, 0.29) is 11.1 Å². The van der Waals surface area contributed by atoms with Crippen LogP contribution in [0.15, 0.2) is 12.1 Å². The summed E-state index contributed by atoms with van der Waals surface area (Å²) in [7, 11) is 1.76. The first-order chi connectivity index (χ1) is 8.60. The van der Waals surface area contributed by atoms with E-state index >= 15 is 0 Å². The molecule has 0 radical (unpaired) electrons. The lowest BCUT2D eigenvalue weighted by Crippen LogP contribution is -2.18. The lowest BCUT2D eigenvalue weighted by atomic mass is 9.99. The molecule has 102 valence electrons. The second kappa shape index (κ2) is 7.70. The third-order valence-corrected chi connectivity index (χ3v) is 3.40. The van der Waals surface area contributed by atoms with Gasteiger partial charge < -0.3 is 5.32 Å². The van der Waals surface area contributed by atoms with Gasteiger partial charge >= 0.3 is 0 Å². The Morgan fingerprint density at radius 1 is 1.17 bits per heavy atom. The standard InChI is InChI=1S/C14H20ClF2N/c1-3-4-5-6-7-14(18-2)10-8-13(17)11(15)9-12(10)16/h8-9,14,18H,3-7H2,1-2H3. The average molecular weight is 276 g/mol. The van der Waals surface area contributed by atoms with Crippen molar-refractivity contribution in [2.24, 2.45) is 0 Å². The summed E-state index contributed by atoms with van der Waals surface area (Å²) in [5, 5.41) is 2.86. The molecule has 0 spiro atoms. The van der Waals surface area contributed by atoms with Crippen LogP contribution < -0.4 is 5.32 Å². The summed E-state index contributed by atoms with van der Waals surface area (Å²) < 4.78 is 27.1. The van der Waals surface area contributed by atoms with Gasteiger partial charge in [-0.3, -0.25) is 0 Å². The zero-order valence-electron chi connectivity index (χ0n) is 10.9. The minimum atomic E-state index is -0.568. The van der Waals surface area contributed by atoms with Crippen LogP contribution in [-0.4, -0.2) is 7.05 Å². The maximum Gasteiger partial charge on any atom is 0.142 e. The fraction of sp³-hybridized carbons (Fsp3) is 0.571. The van der Waals surface area contributed by atoms with Crippen LogP contribution in [0.2, 0.25) is 5.02 Å². The third kappa shape index (κ3) is 4.21. The molecule has 0 fully saturated rings. The zero-order valence-corrected chi connectivity index (χ0v) is 11.7. The van der Waals surface area contributed by atoms with Crippen molar-refractivity contribution in [2.75, 3.05) is 7.05 Å². The Kier molecular flexibility index (Phi) is 6.58. The van der Waals surface area contributed by atoms with Gasteiger partial charge in [0.25, 0.3) is 0 Å². The van der Waals surface area contributed by atoms with Crippen molar-refractivity contribution in [3.63, 3.8) is 0 Å². The van der Waals surface area contributed by atoms with Crippen molar-refractivity contribution >= 4 is 11.6 Å². The molecule has 18 heavy (non-hydrogen) atoms. The van der Waals surface area contributed by atoms with Gasteiger partial charge in [0.2, 0.25) is 0 Å². The van der Waals surface area contributed by atoms with Crippen molar-refractivity contribution in [1.82, 2.24) is 5.32 Å². The van der Waals surface area contributed by atoms with E-state index in [1.807, 2.05) is 0 Å². The van der Waals surface area contributed by atoms with Crippen LogP contribution >= 0.6 is 11.6 Å². The second-order valence-corrected chi connectivity index (χ2v) is 4.89. The van der Waals surface area contributed by atoms with E-state index in [0.29, 0.717) is 5.56 Å². The van der Waals surface area contributed by atoms with Gasteiger partial charge in [0.05, 0.1) is 5.02 Å². The maximum absolute atomic E-state index is 13.8. The second-order valence-electron chi connectivity index (χ2n) is 4.48. The van der Waals surface area contributed by atoms with Gasteiger partial charge in [0.15, 0.2) is 0 Å². The number of benzene rings is 1. The van der Waals surface area contributed by atoms with Crippen LogP contribution in [0.3, 0.4) is 0 Å². The highest BCUT2D eigenvalue weighted by molar-refractivity contribution is 6.30. The highest BCUT2D eigenvalue weighted by atomic mass is 35.5. The van der Waals surface area contributed by atoms with Gasteiger partial charge in [-0.2, -0.15) is 0 Å². The van der Waals surface area contributed by atoms with Crippen LogP contribution in [0.5, 0.6) is 0 Å². The number of hydrogen-bond acceptors (Lipinski definition) is 1. The first-order valence-corrected chi connectivity index (χ1v) is 6.79. The molecule has 0 aromatic heterocycles. The van der Waals surface area contributed by atoms with Gasteiger partial charge in [-0.25, -0.2) is 8.78 Å². The Labute approximate surface area is 113 Å². The van der Waals surface area contributed by atoms with E-state index < -0.39 is 11.6 Å². The predicted octanol–water partition coefficient (Wildman–Crippen LogP) is 4.85. The maximum atomic E-state index is 13.8. The largest absolute Gasteiger partial charge is 0.313 e. The summed E-state index contributed by atoms with van der Waals surface area (Å²) in [6, 6.07) is 2.08. The molecule has 0 aliphatic rings. The van der Waals surface area contributed by atoms with E-state index in [4.69, 9.17) is 11.6 Å². The van der Waals surface area contributed by atoms with Crippen molar-refractivity contribution in [3.05, 3.63) is 34.4 Å². The van der Waals surface area contributed by atoms with Crippen LogP contribution in [-0.2, 0) is 0 Å². The predicted molar refractivity (Wildman–Crippen MR) is 71.9 cm³/mol. The van der Waals surface area contributed by atoms with Crippen LogP contribution in [0.25, 0.3) is 0 Å². The number of hydrogen-bond donors (Lipinski definition) is 1. The molecule has 0 aliphatic carbocycles. The van der Waals surface area contributed by atoms with E-state index in [2.05, 4.69) is 12.2 Å². The van der Waals surface area contributed by atoms with Gasteiger partial charge in [-0.05, 0) is 25.6 Å². The molecule has 0 saturated carbocycles. The Morgan fingerprint density at radius 2 is 1.89 bits per heavy atom. The molecule has 1 nitrogen and oxygen atoms in total. The summed E-state index contributed by atoms with van der Waals surface area (Å²) in [6.07, 6.45) is 5.26. The summed E-state index contributed by atoms with van der Waals surface area (Å²) in [5.74, 6) is -1.02. The molecule has 1 atom stereocenters. The van der Waals surface area contributed by atoms with Crippen LogP contribution in [0, 0.1) is 11.6 Å².